The third-order valence-electron chi connectivity index (χ3n) is 18.8. The predicted molar refractivity (Wildman–Crippen MR) is 463 cm³/mol. The molecule has 0 bridgehead atoms. The Morgan fingerprint density at radius 2 is 0.238 bits per heavy atom. The minimum atomic E-state index is 0. The summed E-state index contributed by atoms with van der Waals surface area (Å²) in [5, 5.41) is 0. The van der Waals surface area contributed by atoms with Crippen LogP contribution in [0.3, 0.4) is 0 Å². The summed E-state index contributed by atoms with van der Waals surface area (Å²) >= 11 is 36.7. The van der Waals surface area contributed by atoms with E-state index in [1.54, 1.807) is 0 Å². The monoisotopic (exact) mass is 1650 g/mol. The van der Waals surface area contributed by atoms with E-state index in [9.17, 15) is 0 Å². The molecule has 0 heterocycles. The van der Waals surface area contributed by atoms with Crippen molar-refractivity contribution in [2.45, 2.75) is 490 Å². The van der Waals surface area contributed by atoms with Crippen LogP contribution in [0.2, 0.25) is 0 Å². The Morgan fingerprint density at radius 1 is 0.158 bits per heavy atom. The molecule has 0 rings (SSSR count). The molecular weight excluding hydrogens is 1490 g/mol. The van der Waals surface area contributed by atoms with Gasteiger partial charge < -0.3 is 119 Å². The molecule has 0 fully saturated rings. The zero-order valence-electron chi connectivity index (χ0n) is 66.7. The van der Waals surface area contributed by atoms with E-state index in [4.69, 9.17) is 19.6 Å². The first-order valence-electron chi connectivity index (χ1n) is 43.1. The largest absolute Gasteiger partial charge is 4.00 e. The first-order valence-corrected chi connectivity index (χ1v) is 46.4. The molecular formula is C84H164MoO8S8. The Hall–Kier alpha value is 0.968. The van der Waals surface area contributed by atoms with Gasteiger partial charge in [-0.25, -0.2) is 0 Å². The molecule has 0 aromatic carbocycles. The maximum atomic E-state index is 4.88. The summed E-state index contributed by atoms with van der Waals surface area (Å²) < 4.78 is 0.176. The summed E-state index contributed by atoms with van der Waals surface area (Å²) in [6, 6.07) is 0. The van der Waals surface area contributed by atoms with Gasteiger partial charge in [-0.1, -0.05) is 464 Å². The van der Waals surface area contributed by atoms with Crippen molar-refractivity contribution in [3.05, 3.63) is 0 Å². The zero-order valence-corrected chi connectivity index (χ0v) is 75.2. The summed E-state index contributed by atoms with van der Waals surface area (Å²) in [7, 11) is 0. The van der Waals surface area contributed by atoms with Crippen molar-refractivity contribution in [2.75, 3.05) is 26.4 Å². The number of unbranched alkanes of at least 4 members (excludes halogenated alkanes) is 68. The van der Waals surface area contributed by atoms with Crippen molar-refractivity contribution in [3.8, 4) is 0 Å². The van der Waals surface area contributed by atoms with Gasteiger partial charge in [-0.2, -0.15) is 19.6 Å². The van der Waals surface area contributed by atoms with Gasteiger partial charge in [-0.15, -0.1) is 0 Å². The maximum Gasteiger partial charge on any atom is 4.00 e. The van der Waals surface area contributed by atoms with E-state index in [2.05, 4.69) is 147 Å². The van der Waals surface area contributed by atoms with Gasteiger partial charge in [0.2, 0.25) is 0 Å². The first-order chi connectivity index (χ1) is 49.1. The van der Waals surface area contributed by atoms with Gasteiger partial charge in [0.15, 0.2) is 0 Å². The van der Waals surface area contributed by atoms with Gasteiger partial charge in [0.25, 0.3) is 0 Å². The van der Waals surface area contributed by atoms with Crippen LogP contribution >= 0.6 is 48.9 Å². The molecule has 0 aromatic heterocycles. The molecule has 602 valence electrons. The van der Waals surface area contributed by atoms with Crippen LogP contribution in [0.25, 0.3) is 0 Å². The Bertz CT molecular complexity index is 1310. The third-order valence-corrected chi connectivity index (χ3v) is 19.4. The quantitative estimate of drug-likeness (QED) is 0.0145. The Balaban J connectivity index is -0.000000404. The predicted octanol–water partition coefficient (Wildman–Crippen LogP) is 31.2. The second-order valence-corrected chi connectivity index (χ2v) is 32.7. The molecule has 8 nitrogen and oxygen atoms in total. The summed E-state index contributed by atoms with van der Waals surface area (Å²) in [4.78, 5) is 38.0. The van der Waals surface area contributed by atoms with Crippen LogP contribution in [-0.2, 0) is 111 Å². The molecule has 0 N–H and O–H groups in total. The molecule has 0 saturated heterocycles. The molecule has 0 spiro atoms. The maximum absolute atomic E-state index is 4.88. The third kappa shape index (κ3) is 125. The van der Waals surface area contributed by atoms with Crippen molar-refractivity contribution in [1.29, 1.82) is 0 Å². The van der Waals surface area contributed by atoms with Crippen molar-refractivity contribution < 1.29 is 60.2 Å². The molecule has 0 amide bonds. The SMILES string of the molecule is CCCCCCCCCCCCCCCCCCCCOOC(=S)[S-].CCCCCCCCCCCCCCCCCCCCOOC(=S)[S-].CCCCCCCCCCCCCCCCCCCCOOC(=S)[S-].CCCCCCCCCCCCCCCCCCCCOOC(=S)[S-].[Mo+4]. The second kappa shape index (κ2) is 107. The van der Waals surface area contributed by atoms with Crippen LogP contribution in [0.5, 0.6) is 0 Å². The first kappa shape index (κ1) is 111. The Morgan fingerprint density at radius 3 is 0.317 bits per heavy atom. The Kier molecular flexibility index (Phi) is 117. The molecule has 17 heteroatoms. The minimum absolute atomic E-state index is 0. The normalized spacial score (nSPS) is 10.8. The molecule has 0 radical (unpaired) electrons. The standard InChI is InChI=1S/4C21H42O2S2.Mo/c4*1-2-3-4-5-6-7-8-9-10-11-12-13-14-15-16-17-18-19-20-22-23-21(24)25;/h4*2-20H2,1H3,(H,24,25);/q;;;;+4/p-4. The van der Waals surface area contributed by atoms with Crippen LogP contribution < -0.4 is 0 Å². The van der Waals surface area contributed by atoms with Crippen molar-refractivity contribution in [2.24, 2.45) is 0 Å². The van der Waals surface area contributed by atoms with Crippen molar-refractivity contribution in [3.63, 3.8) is 0 Å². The van der Waals surface area contributed by atoms with Crippen LogP contribution in [0, 0.1) is 0 Å². The molecule has 101 heavy (non-hydrogen) atoms. The molecule has 0 atom stereocenters. The van der Waals surface area contributed by atoms with Gasteiger partial charge in [0.1, 0.15) is 0 Å². The van der Waals surface area contributed by atoms with Crippen LogP contribution in [0.4, 0.5) is 0 Å². The van der Waals surface area contributed by atoms with E-state index in [0.29, 0.717) is 26.4 Å². The minimum Gasteiger partial charge on any atom is -0.387 e. The van der Waals surface area contributed by atoms with E-state index < -0.39 is 0 Å². The molecule has 0 aromatic rings. The number of rotatable bonds is 80. The van der Waals surface area contributed by atoms with Gasteiger partial charge >= 0.3 is 21.1 Å². The zero-order chi connectivity index (χ0) is 73.7. The fourth-order valence-corrected chi connectivity index (χ4v) is 13.0. The molecule has 0 unspecified atom stereocenters. The number of hydrogen-bond acceptors (Lipinski definition) is 16. The van der Waals surface area contributed by atoms with Crippen molar-refractivity contribution >= 4 is 117 Å². The van der Waals surface area contributed by atoms with Gasteiger partial charge in [0.05, 0.1) is 44.0 Å². The molecule has 0 aliphatic heterocycles. The van der Waals surface area contributed by atoms with Crippen molar-refractivity contribution in [1.82, 2.24) is 0 Å². The van der Waals surface area contributed by atoms with E-state index in [-0.39, 0.29) is 38.6 Å². The van der Waals surface area contributed by atoms with E-state index in [1.807, 2.05) is 0 Å². The molecule has 0 saturated carbocycles. The van der Waals surface area contributed by atoms with Gasteiger partial charge in [-0.05, 0) is 25.7 Å². The fourth-order valence-electron chi connectivity index (χ4n) is 12.6. The molecule has 0 aliphatic carbocycles. The number of hydrogen-bond donors (Lipinski definition) is 0. The second-order valence-electron chi connectivity index (χ2n) is 28.7. The smallest absolute Gasteiger partial charge is 0.387 e. The average molecular weight is 1650 g/mol. The summed E-state index contributed by atoms with van der Waals surface area (Å²) in [6.07, 6.45) is 99.6. The fraction of sp³-hybridized carbons (Fsp3) is 0.952. The van der Waals surface area contributed by atoms with Gasteiger partial charge in [0, 0.05) is 0 Å². The van der Waals surface area contributed by atoms with Crippen LogP contribution in [-0.4, -0.2) is 44.0 Å². The summed E-state index contributed by atoms with van der Waals surface area (Å²) in [5.74, 6) is 0. The number of thiocarbonyl (C=S) groups is 4. The molecule has 0 aliphatic rings. The summed E-state index contributed by atoms with van der Waals surface area (Å²) in [6.45, 7) is 11.5. The summed E-state index contributed by atoms with van der Waals surface area (Å²) in [5.41, 5.74) is 0. The Labute approximate surface area is 687 Å². The van der Waals surface area contributed by atoms with E-state index in [1.165, 1.54) is 437 Å². The van der Waals surface area contributed by atoms with E-state index in [0.717, 1.165) is 25.7 Å². The van der Waals surface area contributed by atoms with Crippen LogP contribution in [0.1, 0.15) is 490 Å². The van der Waals surface area contributed by atoms with E-state index >= 15 is 0 Å². The van der Waals surface area contributed by atoms with Gasteiger partial charge in [-0.3, -0.25) is 0 Å². The topological polar surface area (TPSA) is 73.8 Å². The van der Waals surface area contributed by atoms with Crippen LogP contribution in [0.15, 0.2) is 0 Å². The average Bonchev–Trinajstić information content (AvgIpc) is 3.71.